The molecule has 1 aromatic heterocycles. The standard InChI is InChI=1S/C13H13BrN2S/c1-9(15)10-2-7-13(16-8-10)17-12-5-3-11(14)4-6-12/h2-9H,15H2,1H3. The van der Waals surface area contributed by atoms with Gasteiger partial charge in [0.05, 0.1) is 0 Å². The average Bonchev–Trinajstić information content (AvgIpc) is 2.33. The number of hydrogen-bond donors (Lipinski definition) is 1. The van der Waals surface area contributed by atoms with Gasteiger partial charge in [0.1, 0.15) is 5.03 Å². The molecular weight excluding hydrogens is 296 g/mol. The van der Waals surface area contributed by atoms with Gasteiger partial charge >= 0.3 is 0 Å². The van der Waals surface area contributed by atoms with Crippen LogP contribution in [0.15, 0.2) is 57.0 Å². The molecule has 0 bridgehead atoms. The van der Waals surface area contributed by atoms with Gasteiger partial charge in [0.2, 0.25) is 0 Å². The van der Waals surface area contributed by atoms with Crippen LogP contribution < -0.4 is 5.73 Å². The van der Waals surface area contributed by atoms with Gasteiger partial charge in [-0.15, -0.1) is 0 Å². The molecule has 0 radical (unpaired) electrons. The Kier molecular flexibility index (Phi) is 4.20. The van der Waals surface area contributed by atoms with Gasteiger partial charge in [0.25, 0.3) is 0 Å². The predicted octanol–water partition coefficient (Wildman–Crippen LogP) is 4.02. The predicted molar refractivity (Wildman–Crippen MR) is 75.1 cm³/mol. The van der Waals surface area contributed by atoms with Crippen molar-refractivity contribution in [1.82, 2.24) is 4.98 Å². The Bertz CT molecular complexity index is 480. The first-order chi connectivity index (χ1) is 8.15. The van der Waals surface area contributed by atoms with E-state index >= 15 is 0 Å². The minimum atomic E-state index is 0.0363. The number of nitrogens with two attached hydrogens (primary N) is 1. The maximum absolute atomic E-state index is 5.78. The minimum Gasteiger partial charge on any atom is -0.324 e. The summed E-state index contributed by atoms with van der Waals surface area (Å²) in [7, 11) is 0. The second-order valence-electron chi connectivity index (χ2n) is 3.77. The van der Waals surface area contributed by atoms with E-state index < -0.39 is 0 Å². The number of halogens is 1. The van der Waals surface area contributed by atoms with Gasteiger partial charge in [0.15, 0.2) is 0 Å². The highest BCUT2D eigenvalue weighted by molar-refractivity contribution is 9.10. The van der Waals surface area contributed by atoms with E-state index in [9.17, 15) is 0 Å². The molecule has 0 aliphatic carbocycles. The van der Waals surface area contributed by atoms with E-state index in [1.54, 1.807) is 11.8 Å². The molecule has 1 atom stereocenters. The SMILES string of the molecule is CC(N)c1ccc(Sc2ccc(Br)cc2)nc1. The van der Waals surface area contributed by atoms with E-state index in [1.807, 2.05) is 37.4 Å². The molecule has 2 nitrogen and oxygen atoms in total. The van der Waals surface area contributed by atoms with Crippen molar-refractivity contribution in [3.05, 3.63) is 52.6 Å². The Labute approximate surface area is 114 Å². The molecule has 2 rings (SSSR count). The van der Waals surface area contributed by atoms with Crippen molar-refractivity contribution in [3.63, 3.8) is 0 Å². The Morgan fingerprint density at radius 3 is 2.41 bits per heavy atom. The van der Waals surface area contributed by atoms with Gasteiger partial charge in [0, 0.05) is 21.6 Å². The summed E-state index contributed by atoms with van der Waals surface area (Å²) in [6.45, 7) is 1.96. The van der Waals surface area contributed by atoms with Gasteiger partial charge in [-0.3, -0.25) is 0 Å². The van der Waals surface area contributed by atoms with Crippen molar-refractivity contribution >= 4 is 27.7 Å². The fourth-order valence-electron chi connectivity index (χ4n) is 1.34. The van der Waals surface area contributed by atoms with Crippen LogP contribution in [0.2, 0.25) is 0 Å². The van der Waals surface area contributed by atoms with Gasteiger partial charge < -0.3 is 5.73 Å². The summed E-state index contributed by atoms with van der Waals surface area (Å²) in [5, 5.41) is 0.983. The van der Waals surface area contributed by atoms with Crippen LogP contribution in [-0.4, -0.2) is 4.98 Å². The van der Waals surface area contributed by atoms with Crippen molar-refractivity contribution < 1.29 is 0 Å². The van der Waals surface area contributed by atoms with Gasteiger partial charge in [-0.25, -0.2) is 4.98 Å². The molecule has 0 aliphatic heterocycles. The molecule has 1 unspecified atom stereocenters. The van der Waals surface area contributed by atoms with Crippen LogP contribution in [0, 0.1) is 0 Å². The lowest BCUT2D eigenvalue weighted by molar-refractivity contribution is 0.806. The molecule has 88 valence electrons. The molecule has 2 aromatic rings. The van der Waals surface area contributed by atoms with Gasteiger partial charge in [-0.1, -0.05) is 33.8 Å². The maximum Gasteiger partial charge on any atom is 0.101 e. The third-order valence-electron chi connectivity index (χ3n) is 2.32. The lowest BCUT2D eigenvalue weighted by Gasteiger charge is -2.06. The fraction of sp³-hybridized carbons (Fsp3) is 0.154. The number of benzene rings is 1. The van der Waals surface area contributed by atoms with Crippen LogP contribution in [-0.2, 0) is 0 Å². The molecule has 0 spiro atoms. The third kappa shape index (κ3) is 3.56. The third-order valence-corrected chi connectivity index (χ3v) is 3.81. The molecule has 2 N–H and O–H groups in total. The van der Waals surface area contributed by atoms with E-state index in [4.69, 9.17) is 5.73 Å². The normalized spacial score (nSPS) is 12.4. The van der Waals surface area contributed by atoms with Crippen LogP contribution in [0.1, 0.15) is 18.5 Å². The highest BCUT2D eigenvalue weighted by atomic mass is 79.9. The van der Waals surface area contributed by atoms with Crippen molar-refractivity contribution in [3.8, 4) is 0 Å². The minimum absolute atomic E-state index is 0.0363. The highest BCUT2D eigenvalue weighted by Gasteiger charge is 2.02. The zero-order valence-electron chi connectivity index (χ0n) is 9.43. The molecule has 1 aromatic carbocycles. The first kappa shape index (κ1) is 12.6. The second kappa shape index (κ2) is 5.67. The van der Waals surface area contributed by atoms with Crippen LogP contribution in [0.25, 0.3) is 0 Å². The van der Waals surface area contributed by atoms with Crippen LogP contribution in [0.5, 0.6) is 0 Å². The monoisotopic (exact) mass is 308 g/mol. The molecule has 4 heteroatoms. The highest BCUT2D eigenvalue weighted by Crippen LogP contribution is 2.27. The molecule has 0 amide bonds. The van der Waals surface area contributed by atoms with E-state index in [1.165, 1.54) is 4.90 Å². The molecule has 0 aliphatic rings. The maximum atomic E-state index is 5.78. The number of aromatic nitrogens is 1. The Morgan fingerprint density at radius 2 is 1.88 bits per heavy atom. The lowest BCUT2D eigenvalue weighted by atomic mass is 10.2. The summed E-state index contributed by atoms with van der Waals surface area (Å²) in [5.74, 6) is 0. The number of nitrogens with zero attached hydrogens (tertiary/aromatic N) is 1. The summed E-state index contributed by atoms with van der Waals surface area (Å²) >= 11 is 5.06. The molecule has 0 saturated heterocycles. The van der Waals surface area contributed by atoms with Crippen molar-refractivity contribution in [2.45, 2.75) is 22.9 Å². The summed E-state index contributed by atoms with van der Waals surface area (Å²) in [6, 6.07) is 12.3. The largest absolute Gasteiger partial charge is 0.324 e. The van der Waals surface area contributed by atoms with E-state index in [2.05, 4.69) is 33.0 Å². The Morgan fingerprint density at radius 1 is 1.18 bits per heavy atom. The van der Waals surface area contributed by atoms with Gasteiger partial charge in [-0.2, -0.15) is 0 Å². The summed E-state index contributed by atoms with van der Waals surface area (Å²) in [6.07, 6.45) is 1.84. The van der Waals surface area contributed by atoms with E-state index in [0.717, 1.165) is 15.1 Å². The molecule has 1 heterocycles. The van der Waals surface area contributed by atoms with Crippen LogP contribution >= 0.6 is 27.7 Å². The number of pyridine rings is 1. The zero-order chi connectivity index (χ0) is 12.3. The Hall–Kier alpha value is -0.840. The zero-order valence-corrected chi connectivity index (χ0v) is 11.8. The van der Waals surface area contributed by atoms with Crippen molar-refractivity contribution in [2.75, 3.05) is 0 Å². The quantitative estimate of drug-likeness (QED) is 0.931. The molecule has 0 saturated carbocycles. The molecular formula is C13H13BrN2S. The fourth-order valence-corrected chi connectivity index (χ4v) is 2.36. The molecule has 0 fully saturated rings. The summed E-state index contributed by atoms with van der Waals surface area (Å²) in [4.78, 5) is 5.56. The summed E-state index contributed by atoms with van der Waals surface area (Å²) < 4.78 is 1.09. The summed E-state index contributed by atoms with van der Waals surface area (Å²) in [5.41, 5.74) is 6.84. The van der Waals surface area contributed by atoms with Crippen molar-refractivity contribution in [1.29, 1.82) is 0 Å². The van der Waals surface area contributed by atoms with E-state index in [-0.39, 0.29) is 6.04 Å². The second-order valence-corrected chi connectivity index (χ2v) is 5.78. The first-order valence-corrected chi connectivity index (χ1v) is 6.91. The van der Waals surface area contributed by atoms with Crippen LogP contribution in [0.4, 0.5) is 0 Å². The topological polar surface area (TPSA) is 38.9 Å². The lowest BCUT2D eigenvalue weighted by Crippen LogP contribution is -2.04. The van der Waals surface area contributed by atoms with E-state index in [0.29, 0.717) is 0 Å². The number of hydrogen-bond acceptors (Lipinski definition) is 3. The van der Waals surface area contributed by atoms with Crippen molar-refractivity contribution in [2.24, 2.45) is 5.73 Å². The Balaban J connectivity index is 2.11. The first-order valence-electron chi connectivity index (χ1n) is 5.30. The number of rotatable bonds is 3. The average molecular weight is 309 g/mol. The smallest absolute Gasteiger partial charge is 0.101 e. The van der Waals surface area contributed by atoms with Gasteiger partial charge in [-0.05, 0) is 42.8 Å². The molecule has 17 heavy (non-hydrogen) atoms. The van der Waals surface area contributed by atoms with Crippen LogP contribution in [0.3, 0.4) is 0 Å².